The second-order valence-electron chi connectivity index (χ2n) is 2.21. The maximum Gasteiger partial charge on any atom is 0.248 e. The minimum atomic E-state index is -0.435. The van der Waals surface area contributed by atoms with Crippen LogP contribution in [0.3, 0.4) is 0 Å². The lowest BCUT2D eigenvalue weighted by Gasteiger charge is -1.94. The number of nitrogens with two attached hydrogens (primary N) is 1. The summed E-state index contributed by atoms with van der Waals surface area (Å²) in [6.07, 6.45) is 0. The lowest BCUT2D eigenvalue weighted by molar-refractivity contribution is 0.100. The van der Waals surface area contributed by atoms with Crippen molar-refractivity contribution in [1.29, 1.82) is 0 Å². The third kappa shape index (κ3) is 1.88. The molecule has 0 fully saturated rings. The first-order chi connectivity index (χ1) is 5.74. The fourth-order valence-electron chi connectivity index (χ4n) is 0.808. The molecule has 1 rings (SSSR count). The number of carbonyl (C=O) groups is 1. The quantitative estimate of drug-likeness (QED) is 0.659. The van der Waals surface area contributed by atoms with Crippen LogP contribution in [0.2, 0.25) is 0 Å². The van der Waals surface area contributed by atoms with Gasteiger partial charge in [0, 0.05) is 12.6 Å². The number of hydrogen-bond donors (Lipinski definition) is 1. The number of benzene rings is 1. The molecule has 1 amide bonds. The van der Waals surface area contributed by atoms with Gasteiger partial charge in [-0.2, -0.15) is 10.2 Å². The second kappa shape index (κ2) is 3.61. The zero-order valence-electron chi connectivity index (χ0n) is 6.69. The summed E-state index contributed by atoms with van der Waals surface area (Å²) in [4.78, 5) is 10.6. The highest BCUT2D eigenvalue weighted by Gasteiger charge is 1.97. The highest BCUT2D eigenvalue weighted by atomic mass is 16.1. The van der Waals surface area contributed by atoms with Crippen molar-refractivity contribution in [3.05, 3.63) is 29.8 Å². The van der Waals surface area contributed by atoms with Crippen molar-refractivity contribution >= 4 is 11.6 Å². The smallest absolute Gasteiger partial charge is 0.248 e. The van der Waals surface area contributed by atoms with E-state index in [-0.39, 0.29) is 0 Å². The molecule has 0 bridgehead atoms. The Kier molecular flexibility index (Phi) is 2.53. The van der Waals surface area contributed by atoms with Crippen LogP contribution in [0.25, 0.3) is 0 Å². The molecule has 0 aliphatic heterocycles. The summed E-state index contributed by atoms with van der Waals surface area (Å²) in [6.45, 7) is 0. The van der Waals surface area contributed by atoms with Crippen LogP contribution in [-0.4, -0.2) is 13.0 Å². The van der Waals surface area contributed by atoms with E-state index in [1.54, 1.807) is 31.3 Å². The molecule has 0 atom stereocenters. The molecule has 0 radical (unpaired) electrons. The lowest BCUT2D eigenvalue weighted by atomic mass is 10.2. The third-order valence-corrected chi connectivity index (χ3v) is 1.37. The summed E-state index contributed by atoms with van der Waals surface area (Å²) >= 11 is 0. The normalized spacial score (nSPS) is 10.4. The van der Waals surface area contributed by atoms with E-state index in [0.29, 0.717) is 11.3 Å². The van der Waals surface area contributed by atoms with Crippen molar-refractivity contribution in [2.24, 2.45) is 16.0 Å². The Morgan fingerprint density at radius 3 is 2.33 bits per heavy atom. The van der Waals surface area contributed by atoms with Gasteiger partial charge in [-0.3, -0.25) is 4.79 Å². The average molecular weight is 163 g/mol. The molecule has 2 N–H and O–H groups in total. The van der Waals surface area contributed by atoms with Gasteiger partial charge in [0.2, 0.25) is 5.91 Å². The number of hydrogen-bond acceptors (Lipinski definition) is 3. The molecule has 1 aromatic rings. The summed E-state index contributed by atoms with van der Waals surface area (Å²) in [5, 5.41) is 7.37. The molecule has 12 heavy (non-hydrogen) atoms. The van der Waals surface area contributed by atoms with Crippen LogP contribution in [0, 0.1) is 0 Å². The standard InChI is InChI=1S/C8H9N3O/c1-10-11-7-4-2-6(3-5-7)8(9)12/h2-5H,1H3,(H2,9,12)/b11-10+. The van der Waals surface area contributed by atoms with E-state index < -0.39 is 5.91 Å². The lowest BCUT2D eigenvalue weighted by Crippen LogP contribution is -2.10. The second-order valence-corrected chi connectivity index (χ2v) is 2.21. The van der Waals surface area contributed by atoms with Gasteiger partial charge in [0.05, 0.1) is 5.69 Å². The molecule has 0 aromatic heterocycles. The van der Waals surface area contributed by atoms with Crippen molar-refractivity contribution in [1.82, 2.24) is 0 Å². The zero-order chi connectivity index (χ0) is 8.97. The Morgan fingerprint density at radius 1 is 1.33 bits per heavy atom. The number of rotatable bonds is 2. The molecular weight excluding hydrogens is 154 g/mol. The number of azo groups is 1. The monoisotopic (exact) mass is 163 g/mol. The van der Waals surface area contributed by atoms with E-state index in [2.05, 4.69) is 10.2 Å². The fourth-order valence-corrected chi connectivity index (χ4v) is 0.808. The maximum absolute atomic E-state index is 10.6. The Labute approximate surface area is 70.1 Å². The van der Waals surface area contributed by atoms with Crippen LogP contribution in [-0.2, 0) is 0 Å². The summed E-state index contributed by atoms with van der Waals surface area (Å²) in [7, 11) is 1.59. The van der Waals surface area contributed by atoms with Crippen molar-refractivity contribution in [3.63, 3.8) is 0 Å². The largest absolute Gasteiger partial charge is 0.366 e. The van der Waals surface area contributed by atoms with Gasteiger partial charge in [0.1, 0.15) is 0 Å². The van der Waals surface area contributed by atoms with Crippen molar-refractivity contribution < 1.29 is 4.79 Å². The molecule has 0 saturated heterocycles. The van der Waals surface area contributed by atoms with Gasteiger partial charge in [0.15, 0.2) is 0 Å². The van der Waals surface area contributed by atoms with Crippen molar-refractivity contribution in [2.45, 2.75) is 0 Å². The highest BCUT2D eigenvalue weighted by molar-refractivity contribution is 5.92. The summed E-state index contributed by atoms with van der Waals surface area (Å²) < 4.78 is 0. The molecule has 62 valence electrons. The number of primary amides is 1. The third-order valence-electron chi connectivity index (χ3n) is 1.37. The van der Waals surface area contributed by atoms with E-state index in [4.69, 9.17) is 5.73 Å². The Bertz CT molecular complexity index is 303. The van der Waals surface area contributed by atoms with Gasteiger partial charge in [-0.1, -0.05) is 0 Å². The van der Waals surface area contributed by atoms with Gasteiger partial charge >= 0.3 is 0 Å². The molecule has 1 aromatic carbocycles. The predicted octanol–water partition coefficient (Wildman–Crippen LogP) is 1.50. The molecule has 0 saturated carbocycles. The SMILES string of the molecule is C/N=N/c1ccc(C(N)=O)cc1. The summed E-state index contributed by atoms with van der Waals surface area (Å²) in [6, 6.07) is 6.61. The highest BCUT2D eigenvalue weighted by Crippen LogP contribution is 2.12. The summed E-state index contributed by atoms with van der Waals surface area (Å²) in [5.41, 5.74) is 6.23. The Balaban J connectivity index is 2.93. The molecular formula is C8H9N3O. The van der Waals surface area contributed by atoms with E-state index in [0.717, 1.165) is 0 Å². The molecule has 0 aliphatic rings. The van der Waals surface area contributed by atoms with Crippen LogP contribution in [0.1, 0.15) is 10.4 Å². The fraction of sp³-hybridized carbons (Fsp3) is 0.125. The Morgan fingerprint density at radius 2 is 1.92 bits per heavy atom. The molecule has 4 nitrogen and oxygen atoms in total. The van der Waals surface area contributed by atoms with E-state index >= 15 is 0 Å². The maximum atomic E-state index is 10.6. The zero-order valence-corrected chi connectivity index (χ0v) is 6.69. The van der Waals surface area contributed by atoms with Crippen LogP contribution in [0.5, 0.6) is 0 Å². The van der Waals surface area contributed by atoms with E-state index in [1.165, 1.54) is 0 Å². The molecule has 0 spiro atoms. The van der Waals surface area contributed by atoms with Crippen LogP contribution >= 0.6 is 0 Å². The van der Waals surface area contributed by atoms with Crippen LogP contribution in [0.4, 0.5) is 5.69 Å². The first-order valence-electron chi connectivity index (χ1n) is 3.43. The number of amides is 1. The first-order valence-corrected chi connectivity index (χ1v) is 3.43. The van der Waals surface area contributed by atoms with Crippen LogP contribution in [0.15, 0.2) is 34.5 Å². The van der Waals surface area contributed by atoms with Gasteiger partial charge < -0.3 is 5.73 Å². The van der Waals surface area contributed by atoms with E-state index in [1.807, 2.05) is 0 Å². The van der Waals surface area contributed by atoms with Gasteiger partial charge in [-0.25, -0.2) is 0 Å². The van der Waals surface area contributed by atoms with E-state index in [9.17, 15) is 4.79 Å². The Hall–Kier alpha value is -1.71. The molecule has 0 heterocycles. The molecule has 0 aliphatic carbocycles. The molecule has 4 heteroatoms. The molecule has 0 unspecified atom stereocenters. The van der Waals surface area contributed by atoms with Gasteiger partial charge in [-0.05, 0) is 24.3 Å². The first kappa shape index (κ1) is 8.39. The average Bonchev–Trinajstić information content (AvgIpc) is 2.06. The summed E-state index contributed by atoms with van der Waals surface area (Å²) in [5.74, 6) is -0.435. The van der Waals surface area contributed by atoms with Crippen molar-refractivity contribution in [3.8, 4) is 0 Å². The minimum Gasteiger partial charge on any atom is -0.366 e. The van der Waals surface area contributed by atoms with Crippen LogP contribution < -0.4 is 5.73 Å². The van der Waals surface area contributed by atoms with Gasteiger partial charge in [0.25, 0.3) is 0 Å². The van der Waals surface area contributed by atoms with Crippen molar-refractivity contribution in [2.75, 3.05) is 7.05 Å². The minimum absolute atomic E-state index is 0.435. The van der Waals surface area contributed by atoms with Gasteiger partial charge in [-0.15, -0.1) is 0 Å². The predicted molar refractivity (Wildman–Crippen MR) is 45.4 cm³/mol. The topological polar surface area (TPSA) is 67.8 Å². The number of nitrogens with zero attached hydrogens (tertiary/aromatic N) is 2. The number of carbonyl (C=O) groups excluding carboxylic acids is 1.